The number of nitrogens with zero attached hydrogens (tertiary/aromatic N) is 3. The van der Waals surface area contributed by atoms with E-state index in [1.807, 2.05) is 66.0 Å². The number of morpholine rings is 1. The third kappa shape index (κ3) is 3.68. The van der Waals surface area contributed by atoms with E-state index in [-0.39, 0.29) is 12.0 Å². The molecule has 23 heavy (non-hydrogen) atoms. The van der Waals surface area contributed by atoms with E-state index in [0.717, 1.165) is 17.1 Å². The molecule has 1 amide bonds. The van der Waals surface area contributed by atoms with E-state index in [0.29, 0.717) is 19.7 Å². The third-order valence-corrected chi connectivity index (χ3v) is 3.92. The van der Waals surface area contributed by atoms with Crippen LogP contribution in [0.1, 0.15) is 23.2 Å². The van der Waals surface area contributed by atoms with Gasteiger partial charge >= 0.3 is 0 Å². The van der Waals surface area contributed by atoms with Crippen molar-refractivity contribution in [2.24, 2.45) is 7.05 Å². The van der Waals surface area contributed by atoms with Crippen LogP contribution < -0.4 is 0 Å². The van der Waals surface area contributed by atoms with Gasteiger partial charge in [-0.05, 0) is 18.6 Å². The molecule has 1 fully saturated rings. The van der Waals surface area contributed by atoms with Gasteiger partial charge in [-0.3, -0.25) is 4.79 Å². The van der Waals surface area contributed by atoms with Crippen LogP contribution >= 0.6 is 0 Å². The van der Waals surface area contributed by atoms with Gasteiger partial charge in [0.25, 0.3) is 0 Å². The van der Waals surface area contributed by atoms with Gasteiger partial charge in [-0.15, -0.1) is 0 Å². The van der Waals surface area contributed by atoms with Gasteiger partial charge in [0.05, 0.1) is 18.8 Å². The van der Waals surface area contributed by atoms with Crippen molar-refractivity contribution in [3.05, 3.63) is 59.7 Å². The van der Waals surface area contributed by atoms with E-state index < -0.39 is 0 Å². The number of aryl methyl sites for hydroxylation is 2. The van der Waals surface area contributed by atoms with Gasteiger partial charge in [-0.25, -0.2) is 4.98 Å². The standard InChI is InChI=1S/C18H21N3O2/c1-14-12-20(2)18(19-14)16-13-21(10-11-23-16)17(22)9-8-15-6-4-3-5-7-15/h3-9,12,16H,10-11,13H2,1-2H3/b9-8+. The maximum atomic E-state index is 12.4. The first-order valence-electron chi connectivity index (χ1n) is 7.77. The van der Waals surface area contributed by atoms with E-state index in [4.69, 9.17) is 4.74 Å². The summed E-state index contributed by atoms with van der Waals surface area (Å²) < 4.78 is 7.77. The molecule has 5 nitrogen and oxygen atoms in total. The van der Waals surface area contributed by atoms with E-state index >= 15 is 0 Å². The van der Waals surface area contributed by atoms with Gasteiger partial charge in [0.1, 0.15) is 11.9 Å². The predicted octanol–water partition coefficient (Wildman–Crippen LogP) is 2.34. The SMILES string of the molecule is Cc1cn(C)c(C2CN(C(=O)/C=C/c3ccccc3)CCO2)n1. The van der Waals surface area contributed by atoms with Crippen molar-refractivity contribution in [2.45, 2.75) is 13.0 Å². The smallest absolute Gasteiger partial charge is 0.246 e. The second-order valence-corrected chi connectivity index (χ2v) is 5.74. The zero-order valence-electron chi connectivity index (χ0n) is 13.5. The molecule has 1 aromatic heterocycles. The zero-order chi connectivity index (χ0) is 16.2. The van der Waals surface area contributed by atoms with Crippen molar-refractivity contribution in [2.75, 3.05) is 19.7 Å². The van der Waals surface area contributed by atoms with Gasteiger partial charge in [-0.2, -0.15) is 0 Å². The molecular weight excluding hydrogens is 290 g/mol. The Hall–Kier alpha value is -2.40. The lowest BCUT2D eigenvalue weighted by Crippen LogP contribution is -2.42. The molecule has 0 N–H and O–H groups in total. The van der Waals surface area contributed by atoms with Crippen LogP contribution in [0.4, 0.5) is 0 Å². The monoisotopic (exact) mass is 311 g/mol. The highest BCUT2D eigenvalue weighted by Gasteiger charge is 2.27. The molecule has 1 aliphatic rings. The number of ether oxygens (including phenoxy) is 1. The summed E-state index contributed by atoms with van der Waals surface area (Å²) in [4.78, 5) is 18.7. The number of amides is 1. The number of aromatic nitrogens is 2. The first-order chi connectivity index (χ1) is 11.1. The number of benzene rings is 1. The molecule has 0 saturated carbocycles. The molecule has 1 unspecified atom stereocenters. The molecule has 0 aliphatic carbocycles. The van der Waals surface area contributed by atoms with Gasteiger partial charge in [0.15, 0.2) is 0 Å². The molecule has 1 atom stereocenters. The topological polar surface area (TPSA) is 47.4 Å². The average Bonchev–Trinajstić information content (AvgIpc) is 2.92. The maximum absolute atomic E-state index is 12.4. The Morgan fingerprint density at radius 1 is 1.35 bits per heavy atom. The fourth-order valence-electron chi connectivity index (χ4n) is 2.78. The van der Waals surface area contributed by atoms with Crippen LogP contribution in [0.25, 0.3) is 6.08 Å². The molecule has 1 saturated heterocycles. The van der Waals surface area contributed by atoms with E-state index in [1.54, 1.807) is 6.08 Å². The van der Waals surface area contributed by atoms with Crippen LogP contribution in [0.2, 0.25) is 0 Å². The second kappa shape index (κ2) is 6.79. The molecule has 1 aromatic carbocycles. The van der Waals surface area contributed by atoms with Crippen molar-refractivity contribution in [3.63, 3.8) is 0 Å². The quantitative estimate of drug-likeness (QED) is 0.818. The molecular formula is C18H21N3O2. The molecule has 5 heteroatoms. The Bertz CT molecular complexity index is 706. The number of carbonyl (C=O) groups is 1. The summed E-state index contributed by atoms with van der Waals surface area (Å²) in [6.45, 7) is 3.62. The summed E-state index contributed by atoms with van der Waals surface area (Å²) in [5, 5.41) is 0. The summed E-state index contributed by atoms with van der Waals surface area (Å²) in [6.07, 6.45) is 5.27. The normalized spacial score (nSPS) is 18.5. The molecule has 120 valence electrons. The minimum atomic E-state index is -0.170. The Kier molecular flexibility index (Phi) is 4.57. The van der Waals surface area contributed by atoms with E-state index in [9.17, 15) is 4.79 Å². The molecule has 3 rings (SSSR count). The highest BCUT2D eigenvalue weighted by molar-refractivity contribution is 5.91. The van der Waals surface area contributed by atoms with Crippen molar-refractivity contribution in [1.82, 2.24) is 14.5 Å². The first-order valence-corrected chi connectivity index (χ1v) is 7.77. The van der Waals surface area contributed by atoms with Gasteiger partial charge in [0.2, 0.25) is 5.91 Å². The maximum Gasteiger partial charge on any atom is 0.246 e. The number of hydrogen-bond donors (Lipinski definition) is 0. The molecule has 2 heterocycles. The van der Waals surface area contributed by atoms with Crippen LogP contribution in [0.15, 0.2) is 42.6 Å². The number of rotatable bonds is 3. The van der Waals surface area contributed by atoms with Gasteiger partial charge in [0, 0.05) is 25.9 Å². The largest absolute Gasteiger partial charge is 0.367 e. The van der Waals surface area contributed by atoms with Crippen molar-refractivity contribution >= 4 is 12.0 Å². The summed E-state index contributed by atoms with van der Waals surface area (Å²) in [6, 6.07) is 9.82. The highest BCUT2D eigenvalue weighted by Crippen LogP contribution is 2.21. The second-order valence-electron chi connectivity index (χ2n) is 5.74. The van der Waals surface area contributed by atoms with Gasteiger partial charge in [-0.1, -0.05) is 30.3 Å². The number of hydrogen-bond acceptors (Lipinski definition) is 3. The number of imidazole rings is 1. The van der Waals surface area contributed by atoms with Crippen molar-refractivity contribution < 1.29 is 9.53 Å². The summed E-state index contributed by atoms with van der Waals surface area (Å²) >= 11 is 0. The highest BCUT2D eigenvalue weighted by atomic mass is 16.5. The minimum absolute atomic E-state index is 0.00749. The van der Waals surface area contributed by atoms with E-state index in [2.05, 4.69) is 4.98 Å². The molecule has 0 bridgehead atoms. The Morgan fingerprint density at radius 2 is 2.13 bits per heavy atom. The van der Waals surface area contributed by atoms with Crippen molar-refractivity contribution in [3.8, 4) is 0 Å². The van der Waals surface area contributed by atoms with Gasteiger partial charge < -0.3 is 14.2 Å². The predicted molar refractivity (Wildman–Crippen MR) is 88.7 cm³/mol. The lowest BCUT2D eigenvalue weighted by molar-refractivity contribution is -0.134. The summed E-state index contributed by atoms with van der Waals surface area (Å²) in [7, 11) is 1.95. The zero-order valence-corrected chi connectivity index (χ0v) is 13.5. The minimum Gasteiger partial charge on any atom is -0.367 e. The Morgan fingerprint density at radius 3 is 2.83 bits per heavy atom. The van der Waals surface area contributed by atoms with Crippen LogP contribution in [0.5, 0.6) is 0 Å². The molecule has 0 radical (unpaired) electrons. The molecule has 2 aromatic rings. The van der Waals surface area contributed by atoms with Crippen LogP contribution in [0, 0.1) is 6.92 Å². The lowest BCUT2D eigenvalue weighted by Gasteiger charge is -2.32. The molecule has 1 aliphatic heterocycles. The summed E-state index contributed by atoms with van der Waals surface area (Å²) in [5.74, 6) is 0.875. The van der Waals surface area contributed by atoms with Crippen LogP contribution in [0.3, 0.4) is 0 Å². The van der Waals surface area contributed by atoms with Crippen LogP contribution in [-0.2, 0) is 16.6 Å². The Labute approximate surface area is 136 Å². The van der Waals surface area contributed by atoms with Crippen LogP contribution in [-0.4, -0.2) is 40.1 Å². The Balaban J connectivity index is 1.67. The summed E-state index contributed by atoms with van der Waals surface area (Å²) in [5.41, 5.74) is 1.98. The fourth-order valence-corrected chi connectivity index (χ4v) is 2.78. The molecule has 0 spiro atoms. The lowest BCUT2D eigenvalue weighted by atomic mass is 10.2. The van der Waals surface area contributed by atoms with E-state index in [1.165, 1.54) is 0 Å². The first kappa shape index (κ1) is 15.5. The fraction of sp³-hybridized carbons (Fsp3) is 0.333. The van der Waals surface area contributed by atoms with Crippen molar-refractivity contribution in [1.29, 1.82) is 0 Å². The third-order valence-electron chi connectivity index (χ3n) is 3.92. The number of carbonyl (C=O) groups excluding carboxylic acids is 1. The average molecular weight is 311 g/mol.